The van der Waals surface area contributed by atoms with Crippen molar-refractivity contribution in [3.63, 3.8) is 0 Å². The van der Waals surface area contributed by atoms with E-state index >= 15 is 0 Å². The van der Waals surface area contributed by atoms with E-state index in [1.807, 2.05) is 24.3 Å². The van der Waals surface area contributed by atoms with Crippen molar-refractivity contribution in [2.24, 2.45) is 5.73 Å². The van der Waals surface area contributed by atoms with E-state index in [-0.39, 0.29) is 6.42 Å². The number of carboxylic acid groups (broad SMARTS) is 1. The number of rotatable bonds is 8. The Morgan fingerprint density at radius 3 is 2.24 bits per heavy atom. The lowest BCUT2D eigenvalue weighted by Crippen LogP contribution is -2.43. The summed E-state index contributed by atoms with van der Waals surface area (Å²) in [5, 5.41) is 11.2. The zero-order valence-electron chi connectivity index (χ0n) is 12.0. The van der Waals surface area contributed by atoms with E-state index in [4.69, 9.17) is 10.8 Å². The van der Waals surface area contributed by atoms with Crippen LogP contribution in [0.3, 0.4) is 0 Å². The molecule has 114 valence electrons. The van der Waals surface area contributed by atoms with Gasteiger partial charge in [0, 0.05) is 6.42 Å². The van der Waals surface area contributed by atoms with E-state index < -0.39 is 30.2 Å². The average molecular weight is 292 g/mol. The first kappa shape index (κ1) is 16.7. The first-order valence-corrected chi connectivity index (χ1v) is 6.80. The smallest absolute Gasteiger partial charge is 0.326 e. The second kappa shape index (κ2) is 8.04. The molecule has 0 heterocycles. The molecule has 21 heavy (non-hydrogen) atoms. The summed E-state index contributed by atoms with van der Waals surface area (Å²) in [5.41, 5.74) is 7.17. The van der Waals surface area contributed by atoms with Crippen LogP contribution < -0.4 is 11.1 Å². The Hall–Kier alpha value is -2.37. The van der Waals surface area contributed by atoms with Crippen LogP contribution >= 0.6 is 0 Å². The molecule has 0 saturated carbocycles. The Balaban J connectivity index is 2.48. The lowest BCUT2D eigenvalue weighted by molar-refractivity contribution is -0.143. The number of carboxylic acids is 1. The van der Waals surface area contributed by atoms with E-state index in [1.165, 1.54) is 5.56 Å². The van der Waals surface area contributed by atoms with Crippen molar-refractivity contribution >= 4 is 17.8 Å². The van der Waals surface area contributed by atoms with Crippen LogP contribution in [-0.4, -0.2) is 28.9 Å². The van der Waals surface area contributed by atoms with Crippen LogP contribution in [0.1, 0.15) is 30.9 Å². The van der Waals surface area contributed by atoms with Gasteiger partial charge >= 0.3 is 5.97 Å². The molecular weight excluding hydrogens is 272 g/mol. The fraction of sp³-hybridized carbons (Fsp3) is 0.400. The van der Waals surface area contributed by atoms with E-state index in [1.54, 1.807) is 0 Å². The molecule has 6 heteroatoms. The predicted octanol–water partition coefficient (Wildman–Crippen LogP) is 0.626. The zero-order valence-corrected chi connectivity index (χ0v) is 12.0. The van der Waals surface area contributed by atoms with Gasteiger partial charge in [-0.15, -0.1) is 0 Å². The van der Waals surface area contributed by atoms with Crippen LogP contribution in [0.5, 0.6) is 0 Å². The molecule has 2 amide bonds. The highest BCUT2D eigenvalue weighted by Crippen LogP contribution is 2.07. The molecule has 1 aromatic rings. The number of aliphatic carboxylic acids is 1. The van der Waals surface area contributed by atoms with Crippen LogP contribution in [0.4, 0.5) is 0 Å². The quantitative estimate of drug-likeness (QED) is 0.652. The van der Waals surface area contributed by atoms with Gasteiger partial charge in [-0.05, 0) is 24.0 Å². The number of amides is 2. The molecule has 0 aliphatic carbocycles. The van der Waals surface area contributed by atoms with Gasteiger partial charge in [0.05, 0.1) is 6.42 Å². The molecule has 0 spiro atoms. The van der Waals surface area contributed by atoms with Crippen molar-refractivity contribution in [1.29, 1.82) is 0 Å². The van der Waals surface area contributed by atoms with Gasteiger partial charge in [-0.3, -0.25) is 9.59 Å². The molecule has 1 aromatic carbocycles. The SMILES string of the molecule is CCc1ccc(CCC(=O)NC(CC(N)=O)C(=O)O)cc1. The van der Waals surface area contributed by atoms with Crippen molar-refractivity contribution in [2.75, 3.05) is 0 Å². The lowest BCUT2D eigenvalue weighted by atomic mass is 10.1. The van der Waals surface area contributed by atoms with Gasteiger partial charge < -0.3 is 16.2 Å². The summed E-state index contributed by atoms with van der Waals surface area (Å²) in [4.78, 5) is 33.3. The number of hydrogen-bond acceptors (Lipinski definition) is 3. The van der Waals surface area contributed by atoms with E-state index in [9.17, 15) is 14.4 Å². The normalized spacial score (nSPS) is 11.7. The largest absolute Gasteiger partial charge is 0.480 e. The summed E-state index contributed by atoms with van der Waals surface area (Å²) >= 11 is 0. The molecule has 0 aliphatic rings. The summed E-state index contributed by atoms with van der Waals surface area (Å²) in [6, 6.07) is 6.63. The minimum absolute atomic E-state index is 0.161. The van der Waals surface area contributed by atoms with Gasteiger partial charge in [-0.2, -0.15) is 0 Å². The standard InChI is InChI=1S/C15H20N2O4/c1-2-10-3-5-11(6-4-10)7-8-14(19)17-12(15(20)21)9-13(16)18/h3-6,12H,2,7-9H2,1H3,(H2,16,18)(H,17,19)(H,20,21). The van der Waals surface area contributed by atoms with E-state index in [0.29, 0.717) is 6.42 Å². The number of carbonyl (C=O) groups excluding carboxylic acids is 2. The molecule has 0 bridgehead atoms. The third-order valence-electron chi connectivity index (χ3n) is 3.11. The molecule has 6 nitrogen and oxygen atoms in total. The van der Waals surface area contributed by atoms with Crippen LogP contribution in [0.25, 0.3) is 0 Å². The monoisotopic (exact) mass is 292 g/mol. The van der Waals surface area contributed by atoms with Crippen molar-refractivity contribution in [2.45, 2.75) is 38.6 Å². The maximum Gasteiger partial charge on any atom is 0.326 e. The van der Waals surface area contributed by atoms with Crippen molar-refractivity contribution in [1.82, 2.24) is 5.32 Å². The Morgan fingerprint density at radius 1 is 1.19 bits per heavy atom. The number of nitrogens with two attached hydrogens (primary N) is 1. The number of nitrogens with one attached hydrogen (secondary N) is 1. The Labute approximate surface area is 123 Å². The fourth-order valence-corrected chi connectivity index (χ4v) is 1.87. The first-order chi connectivity index (χ1) is 9.92. The van der Waals surface area contributed by atoms with Crippen molar-refractivity contribution in [3.8, 4) is 0 Å². The summed E-state index contributed by atoms with van der Waals surface area (Å²) in [5.74, 6) is -2.45. The molecule has 0 radical (unpaired) electrons. The van der Waals surface area contributed by atoms with Crippen LogP contribution in [-0.2, 0) is 27.2 Å². The Morgan fingerprint density at radius 2 is 1.76 bits per heavy atom. The predicted molar refractivity (Wildman–Crippen MR) is 77.5 cm³/mol. The van der Waals surface area contributed by atoms with Gasteiger partial charge in [0.15, 0.2) is 0 Å². The molecule has 1 unspecified atom stereocenters. The van der Waals surface area contributed by atoms with Crippen LogP contribution in [0.2, 0.25) is 0 Å². The number of primary amides is 1. The van der Waals surface area contributed by atoms with Crippen molar-refractivity contribution in [3.05, 3.63) is 35.4 Å². The Kier molecular flexibility index (Phi) is 6.39. The summed E-state index contributed by atoms with van der Waals surface area (Å²) in [6.45, 7) is 2.06. The zero-order chi connectivity index (χ0) is 15.8. The number of aryl methyl sites for hydroxylation is 2. The van der Waals surface area contributed by atoms with Gasteiger partial charge in [0.25, 0.3) is 0 Å². The second-order valence-electron chi connectivity index (χ2n) is 4.80. The van der Waals surface area contributed by atoms with Gasteiger partial charge in [-0.25, -0.2) is 4.79 Å². The number of benzene rings is 1. The highest BCUT2D eigenvalue weighted by molar-refractivity contribution is 5.88. The second-order valence-corrected chi connectivity index (χ2v) is 4.80. The van der Waals surface area contributed by atoms with Gasteiger partial charge in [0.1, 0.15) is 6.04 Å². The molecule has 0 fully saturated rings. The molecule has 0 aliphatic heterocycles. The van der Waals surface area contributed by atoms with E-state index in [2.05, 4.69) is 12.2 Å². The summed E-state index contributed by atoms with van der Waals surface area (Å²) < 4.78 is 0. The van der Waals surface area contributed by atoms with Gasteiger partial charge in [0.2, 0.25) is 11.8 Å². The molecule has 4 N–H and O–H groups in total. The fourth-order valence-electron chi connectivity index (χ4n) is 1.87. The highest BCUT2D eigenvalue weighted by Gasteiger charge is 2.21. The average Bonchev–Trinajstić information content (AvgIpc) is 2.44. The van der Waals surface area contributed by atoms with Crippen LogP contribution in [0.15, 0.2) is 24.3 Å². The van der Waals surface area contributed by atoms with Crippen LogP contribution in [0, 0.1) is 0 Å². The summed E-state index contributed by atoms with van der Waals surface area (Å²) in [6.07, 6.45) is 1.22. The molecule has 1 atom stereocenters. The topological polar surface area (TPSA) is 109 Å². The van der Waals surface area contributed by atoms with Gasteiger partial charge in [-0.1, -0.05) is 31.2 Å². The number of hydrogen-bond donors (Lipinski definition) is 3. The first-order valence-electron chi connectivity index (χ1n) is 6.80. The van der Waals surface area contributed by atoms with Crippen molar-refractivity contribution < 1.29 is 19.5 Å². The third kappa shape index (κ3) is 6.07. The minimum Gasteiger partial charge on any atom is -0.480 e. The third-order valence-corrected chi connectivity index (χ3v) is 3.11. The maximum atomic E-state index is 11.7. The highest BCUT2D eigenvalue weighted by atomic mass is 16.4. The summed E-state index contributed by atoms with van der Waals surface area (Å²) in [7, 11) is 0. The molecule has 1 rings (SSSR count). The molecule has 0 aromatic heterocycles. The minimum atomic E-state index is -1.27. The number of carbonyl (C=O) groups is 3. The molecular formula is C15H20N2O4. The molecule has 0 saturated heterocycles. The maximum absolute atomic E-state index is 11.7. The Bertz CT molecular complexity index is 511. The van der Waals surface area contributed by atoms with E-state index in [0.717, 1.165) is 12.0 Å². The lowest BCUT2D eigenvalue weighted by Gasteiger charge is -2.12.